The Morgan fingerprint density at radius 1 is 0.971 bits per heavy atom. The van der Waals surface area contributed by atoms with Gasteiger partial charge in [0, 0.05) is 11.3 Å². The number of nitrogens with zero attached hydrogens (tertiary/aromatic N) is 1. The van der Waals surface area contributed by atoms with Gasteiger partial charge in [0.2, 0.25) is 0 Å². The maximum Gasteiger partial charge on any atom is 0.416 e. The number of aromatic hydroxyl groups is 1. The molecule has 0 radical (unpaired) electrons. The average molecular weight is 469 g/mol. The number of methoxy groups -OCH3 is 1. The molecular weight excluding hydrogens is 451 g/mol. The van der Waals surface area contributed by atoms with Crippen LogP contribution in [0, 0.1) is 0 Å². The molecule has 0 unspecified atom stereocenters. The predicted octanol–water partition coefficient (Wildman–Crippen LogP) is 5.05. The summed E-state index contributed by atoms with van der Waals surface area (Å²) >= 11 is 0. The first-order chi connectivity index (χ1) is 16.1. The fourth-order valence-electron chi connectivity index (χ4n) is 3.86. The summed E-state index contributed by atoms with van der Waals surface area (Å²) in [5.41, 5.74) is -0.997. The van der Waals surface area contributed by atoms with Gasteiger partial charge < -0.3 is 14.9 Å². The first-order valence-electron chi connectivity index (χ1n) is 10.0. The number of halogens is 3. The number of alkyl halides is 3. The van der Waals surface area contributed by atoms with E-state index in [2.05, 4.69) is 0 Å². The maximum absolute atomic E-state index is 13.4. The number of Topliss-reactive ketones (excluding diaryl/α,β-unsaturated/α-hetero) is 1. The standard InChI is InChI=1S/C25H18F3NO5/c1-34-19-12-15(10-11-18(19)30)21-20(22(31)14-6-3-2-4-7-14)23(32)24(33)29(21)17-9-5-8-16(13-17)25(26,27)28/h2-13,21,30-31H,1H3/t21-/m0/s1. The van der Waals surface area contributed by atoms with E-state index in [0.717, 1.165) is 23.1 Å². The molecule has 9 heteroatoms. The molecule has 1 atom stereocenters. The number of amides is 1. The number of hydrogen-bond donors (Lipinski definition) is 2. The van der Waals surface area contributed by atoms with E-state index in [1.165, 1.54) is 43.5 Å². The number of benzene rings is 3. The Kier molecular flexibility index (Phi) is 5.78. The third-order valence-electron chi connectivity index (χ3n) is 5.46. The summed E-state index contributed by atoms with van der Waals surface area (Å²) < 4.78 is 45.2. The van der Waals surface area contributed by atoms with Crippen molar-refractivity contribution >= 4 is 23.1 Å². The monoisotopic (exact) mass is 469 g/mol. The van der Waals surface area contributed by atoms with Crippen molar-refractivity contribution in [1.29, 1.82) is 0 Å². The molecule has 1 saturated heterocycles. The number of phenolic OH excluding ortho intramolecular Hbond substituents is 1. The summed E-state index contributed by atoms with van der Waals surface area (Å²) in [6, 6.07) is 14.7. The molecular formula is C25H18F3NO5. The number of hydrogen-bond acceptors (Lipinski definition) is 5. The summed E-state index contributed by atoms with van der Waals surface area (Å²) in [5, 5.41) is 21.0. The zero-order valence-electron chi connectivity index (χ0n) is 17.7. The highest BCUT2D eigenvalue weighted by Crippen LogP contribution is 2.44. The minimum atomic E-state index is -4.68. The maximum atomic E-state index is 13.4. The van der Waals surface area contributed by atoms with Gasteiger partial charge in [-0.05, 0) is 35.9 Å². The van der Waals surface area contributed by atoms with Crippen LogP contribution in [-0.4, -0.2) is 29.0 Å². The molecule has 1 heterocycles. The van der Waals surface area contributed by atoms with E-state index >= 15 is 0 Å². The lowest BCUT2D eigenvalue weighted by atomic mass is 9.94. The van der Waals surface area contributed by atoms with Gasteiger partial charge in [-0.2, -0.15) is 13.2 Å². The van der Waals surface area contributed by atoms with Gasteiger partial charge >= 0.3 is 6.18 Å². The zero-order chi connectivity index (χ0) is 24.6. The SMILES string of the molecule is COc1cc([C@H]2C(=C(O)c3ccccc3)C(=O)C(=O)N2c2cccc(C(F)(F)F)c2)ccc1O. The largest absolute Gasteiger partial charge is 0.507 e. The lowest BCUT2D eigenvalue weighted by Gasteiger charge is -2.26. The number of aliphatic hydroxyl groups excluding tert-OH is 1. The molecule has 1 aliphatic heterocycles. The molecule has 1 aliphatic rings. The summed E-state index contributed by atoms with van der Waals surface area (Å²) in [7, 11) is 1.30. The molecule has 0 bridgehead atoms. The second-order valence-corrected chi connectivity index (χ2v) is 7.51. The number of phenols is 1. The third kappa shape index (κ3) is 3.96. The van der Waals surface area contributed by atoms with Gasteiger partial charge in [0.15, 0.2) is 11.5 Å². The number of ketones is 1. The molecule has 1 amide bonds. The van der Waals surface area contributed by atoms with Crippen LogP contribution in [0.3, 0.4) is 0 Å². The van der Waals surface area contributed by atoms with Crippen LogP contribution in [0.1, 0.15) is 22.7 Å². The first-order valence-corrected chi connectivity index (χ1v) is 10.0. The van der Waals surface area contributed by atoms with E-state index in [-0.39, 0.29) is 33.9 Å². The van der Waals surface area contributed by atoms with E-state index in [1.54, 1.807) is 18.2 Å². The van der Waals surface area contributed by atoms with Crippen LogP contribution in [0.4, 0.5) is 18.9 Å². The summed E-state index contributed by atoms with van der Waals surface area (Å²) in [5.74, 6) is -2.84. The Hall–Kier alpha value is -4.27. The molecule has 6 nitrogen and oxygen atoms in total. The van der Waals surface area contributed by atoms with Crippen molar-refractivity contribution in [3.63, 3.8) is 0 Å². The Morgan fingerprint density at radius 2 is 1.68 bits per heavy atom. The number of rotatable bonds is 4. The molecule has 34 heavy (non-hydrogen) atoms. The fourth-order valence-corrected chi connectivity index (χ4v) is 3.86. The number of aliphatic hydroxyl groups is 1. The van der Waals surface area contributed by atoms with Crippen molar-refractivity contribution < 1.29 is 37.7 Å². The highest BCUT2D eigenvalue weighted by molar-refractivity contribution is 6.51. The summed E-state index contributed by atoms with van der Waals surface area (Å²) in [6.07, 6.45) is -4.68. The van der Waals surface area contributed by atoms with E-state index in [4.69, 9.17) is 4.74 Å². The summed E-state index contributed by atoms with van der Waals surface area (Å²) in [6.45, 7) is 0. The van der Waals surface area contributed by atoms with Crippen LogP contribution in [0.15, 0.2) is 78.4 Å². The zero-order valence-corrected chi connectivity index (χ0v) is 17.7. The average Bonchev–Trinajstić information content (AvgIpc) is 3.09. The quantitative estimate of drug-likeness (QED) is 0.317. The van der Waals surface area contributed by atoms with Gasteiger partial charge in [0.25, 0.3) is 11.7 Å². The van der Waals surface area contributed by atoms with Crippen molar-refractivity contribution in [2.45, 2.75) is 12.2 Å². The number of anilines is 1. The Balaban J connectivity index is 1.98. The molecule has 3 aromatic rings. The van der Waals surface area contributed by atoms with Gasteiger partial charge in [0.05, 0.1) is 24.3 Å². The molecule has 174 valence electrons. The smallest absolute Gasteiger partial charge is 0.416 e. The normalized spacial score (nSPS) is 17.8. The highest BCUT2D eigenvalue weighted by Gasteiger charge is 2.47. The van der Waals surface area contributed by atoms with Gasteiger partial charge in [-0.3, -0.25) is 14.5 Å². The topological polar surface area (TPSA) is 87.1 Å². The molecule has 0 aromatic heterocycles. The first kappa shape index (κ1) is 22.9. The third-order valence-corrected chi connectivity index (χ3v) is 5.46. The van der Waals surface area contributed by atoms with Crippen LogP contribution < -0.4 is 9.64 Å². The Bertz CT molecular complexity index is 1300. The second kappa shape index (κ2) is 8.58. The van der Waals surface area contributed by atoms with Crippen molar-refractivity contribution in [3.8, 4) is 11.5 Å². The molecule has 0 aliphatic carbocycles. The fraction of sp³-hybridized carbons (Fsp3) is 0.120. The van der Waals surface area contributed by atoms with Crippen LogP contribution >= 0.6 is 0 Å². The van der Waals surface area contributed by atoms with Gasteiger partial charge in [-0.25, -0.2) is 0 Å². The van der Waals surface area contributed by atoms with Gasteiger partial charge in [-0.1, -0.05) is 42.5 Å². The minimum absolute atomic E-state index is 0.0202. The highest BCUT2D eigenvalue weighted by atomic mass is 19.4. The molecule has 0 saturated carbocycles. The number of carbonyl (C=O) groups is 2. The van der Waals surface area contributed by atoms with Crippen LogP contribution in [0.25, 0.3) is 5.76 Å². The second-order valence-electron chi connectivity index (χ2n) is 7.51. The molecule has 3 aromatic carbocycles. The van der Waals surface area contributed by atoms with E-state index in [9.17, 15) is 33.0 Å². The van der Waals surface area contributed by atoms with Crippen molar-refractivity contribution in [2.24, 2.45) is 0 Å². The van der Waals surface area contributed by atoms with Crippen molar-refractivity contribution in [3.05, 3.63) is 95.1 Å². The van der Waals surface area contributed by atoms with Gasteiger partial charge in [0.1, 0.15) is 5.76 Å². The molecule has 1 fully saturated rings. The van der Waals surface area contributed by atoms with Gasteiger partial charge in [-0.15, -0.1) is 0 Å². The molecule has 2 N–H and O–H groups in total. The molecule has 4 rings (SSSR count). The van der Waals surface area contributed by atoms with Crippen molar-refractivity contribution in [2.75, 3.05) is 12.0 Å². The van der Waals surface area contributed by atoms with Crippen LogP contribution in [0.2, 0.25) is 0 Å². The van der Waals surface area contributed by atoms with E-state index < -0.39 is 35.2 Å². The minimum Gasteiger partial charge on any atom is -0.507 e. The number of ether oxygens (including phenoxy) is 1. The van der Waals surface area contributed by atoms with Crippen LogP contribution in [0.5, 0.6) is 11.5 Å². The molecule has 0 spiro atoms. The lowest BCUT2D eigenvalue weighted by molar-refractivity contribution is -0.137. The van der Waals surface area contributed by atoms with Crippen molar-refractivity contribution in [1.82, 2.24) is 0 Å². The predicted molar refractivity (Wildman–Crippen MR) is 117 cm³/mol. The van der Waals surface area contributed by atoms with E-state index in [1.807, 2.05) is 0 Å². The Morgan fingerprint density at radius 3 is 2.32 bits per heavy atom. The Labute approximate surface area is 192 Å². The van der Waals surface area contributed by atoms with Crippen LogP contribution in [-0.2, 0) is 15.8 Å². The summed E-state index contributed by atoms with van der Waals surface area (Å²) in [4.78, 5) is 27.1. The number of carbonyl (C=O) groups excluding carboxylic acids is 2. The lowest BCUT2D eigenvalue weighted by Crippen LogP contribution is -2.29. The van der Waals surface area contributed by atoms with E-state index in [0.29, 0.717) is 0 Å².